The molecule has 2 nitrogen and oxygen atoms in total. The minimum atomic E-state index is -0.187. The highest BCUT2D eigenvalue weighted by atomic mass is 19.1. The van der Waals surface area contributed by atoms with E-state index in [1.54, 1.807) is 13.0 Å². The van der Waals surface area contributed by atoms with Crippen LogP contribution in [0.1, 0.15) is 51.8 Å². The lowest BCUT2D eigenvalue weighted by Crippen LogP contribution is -2.40. The fourth-order valence-electron chi connectivity index (χ4n) is 2.14. The molecule has 2 atom stereocenters. The second-order valence-corrected chi connectivity index (χ2v) is 6.60. The van der Waals surface area contributed by atoms with Gasteiger partial charge in [-0.25, -0.2) is 4.39 Å². The van der Waals surface area contributed by atoms with E-state index in [0.717, 1.165) is 11.3 Å². The summed E-state index contributed by atoms with van der Waals surface area (Å²) in [5.41, 5.74) is 8.68. The Labute approximate surface area is 116 Å². The van der Waals surface area contributed by atoms with E-state index in [0.29, 0.717) is 11.6 Å². The average Bonchev–Trinajstić information content (AvgIpc) is 2.28. The van der Waals surface area contributed by atoms with Crippen LogP contribution in [0.15, 0.2) is 12.1 Å². The molecule has 1 aromatic rings. The van der Waals surface area contributed by atoms with Gasteiger partial charge in [0, 0.05) is 24.8 Å². The summed E-state index contributed by atoms with van der Waals surface area (Å²) in [5, 5.41) is 0. The number of halogens is 1. The first-order valence-corrected chi connectivity index (χ1v) is 6.84. The molecule has 0 amide bonds. The zero-order valence-electron chi connectivity index (χ0n) is 13.2. The molecule has 0 aliphatic rings. The molecule has 1 rings (SSSR count). The highest BCUT2D eigenvalue weighted by Crippen LogP contribution is 2.33. The molecule has 2 N–H and O–H groups in total. The second kappa shape index (κ2) is 5.49. The van der Waals surface area contributed by atoms with Crippen LogP contribution in [0.4, 0.5) is 10.1 Å². The number of benzene rings is 1. The van der Waals surface area contributed by atoms with Crippen LogP contribution in [0.3, 0.4) is 0 Å². The largest absolute Gasteiger partial charge is 0.371 e. The molecule has 0 aromatic heterocycles. The lowest BCUT2D eigenvalue weighted by molar-refractivity contribution is 0.329. The lowest BCUT2D eigenvalue weighted by Gasteiger charge is -2.38. The average molecular weight is 266 g/mol. The predicted octanol–water partition coefficient (Wildman–Crippen LogP) is 4.02. The minimum Gasteiger partial charge on any atom is -0.371 e. The van der Waals surface area contributed by atoms with Gasteiger partial charge >= 0.3 is 0 Å². The van der Waals surface area contributed by atoms with Gasteiger partial charge in [0.15, 0.2) is 0 Å². The van der Waals surface area contributed by atoms with Crippen LogP contribution in [-0.2, 0) is 0 Å². The van der Waals surface area contributed by atoms with Crippen molar-refractivity contribution >= 4 is 5.69 Å². The van der Waals surface area contributed by atoms with Gasteiger partial charge in [-0.1, -0.05) is 20.8 Å². The van der Waals surface area contributed by atoms with Crippen molar-refractivity contribution in [3.8, 4) is 0 Å². The van der Waals surface area contributed by atoms with Crippen LogP contribution in [0.2, 0.25) is 0 Å². The molecule has 0 fully saturated rings. The fraction of sp³-hybridized carbons (Fsp3) is 0.625. The zero-order valence-corrected chi connectivity index (χ0v) is 13.2. The molecule has 108 valence electrons. The molecule has 0 spiro atoms. The predicted molar refractivity (Wildman–Crippen MR) is 81.1 cm³/mol. The van der Waals surface area contributed by atoms with E-state index in [1.807, 2.05) is 13.0 Å². The molecule has 0 aliphatic carbocycles. The SMILES string of the molecule is Cc1cc(N(C)C(C)C(C)(C)C)c([C@@H](C)N)cc1F. The van der Waals surface area contributed by atoms with Crippen LogP contribution < -0.4 is 10.6 Å². The third-order valence-corrected chi connectivity index (χ3v) is 4.01. The van der Waals surface area contributed by atoms with Crippen LogP contribution >= 0.6 is 0 Å². The van der Waals surface area contributed by atoms with Crippen molar-refractivity contribution in [1.82, 2.24) is 0 Å². The monoisotopic (exact) mass is 266 g/mol. The Morgan fingerprint density at radius 1 is 1.21 bits per heavy atom. The summed E-state index contributed by atoms with van der Waals surface area (Å²) in [6, 6.07) is 3.62. The number of nitrogens with zero attached hydrogens (tertiary/aromatic N) is 1. The number of hydrogen-bond acceptors (Lipinski definition) is 2. The zero-order chi connectivity index (χ0) is 15.0. The van der Waals surface area contributed by atoms with E-state index in [-0.39, 0.29) is 17.3 Å². The molecule has 0 bridgehead atoms. The maximum Gasteiger partial charge on any atom is 0.126 e. The van der Waals surface area contributed by atoms with Gasteiger partial charge in [-0.15, -0.1) is 0 Å². The Bertz CT molecular complexity index is 447. The Balaban J connectivity index is 3.29. The summed E-state index contributed by atoms with van der Waals surface area (Å²) < 4.78 is 13.7. The quantitative estimate of drug-likeness (QED) is 0.895. The maximum atomic E-state index is 13.7. The number of aryl methyl sites for hydroxylation is 1. The summed E-state index contributed by atoms with van der Waals surface area (Å²) in [4.78, 5) is 2.20. The van der Waals surface area contributed by atoms with Crippen molar-refractivity contribution in [2.45, 2.75) is 53.6 Å². The molecule has 19 heavy (non-hydrogen) atoms. The fourth-order valence-corrected chi connectivity index (χ4v) is 2.14. The van der Waals surface area contributed by atoms with Crippen LogP contribution in [0.5, 0.6) is 0 Å². The number of rotatable bonds is 3. The summed E-state index contributed by atoms with van der Waals surface area (Å²) >= 11 is 0. The van der Waals surface area contributed by atoms with Gasteiger partial charge in [0.05, 0.1) is 0 Å². The Kier molecular flexibility index (Phi) is 4.62. The minimum absolute atomic E-state index is 0.145. The first kappa shape index (κ1) is 16.0. The maximum absolute atomic E-state index is 13.7. The first-order valence-electron chi connectivity index (χ1n) is 6.84. The van der Waals surface area contributed by atoms with Crippen molar-refractivity contribution in [2.24, 2.45) is 11.1 Å². The summed E-state index contributed by atoms with van der Waals surface area (Å²) in [5.74, 6) is -0.187. The molecule has 1 unspecified atom stereocenters. The molecule has 1 aromatic carbocycles. The van der Waals surface area contributed by atoms with Gasteiger partial charge in [-0.05, 0) is 49.4 Å². The summed E-state index contributed by atoms with van der Waals surface area (Å²) in [6.45, 7) is 12.5. The van der Waals surface area contributed by atoms with Gasteiger partial charge < -0.3 is 10.6 Å². The second-order valence-electron chi connectivity index (χ2n) is 6.60. The van der Waals surface area contributed by atoms with Gasteiger partial charge in [0.1, 0.15) is 5.82 Å². The van der Waals surface area contributed by atoms with E-state index < -0.39 is 0 Å². The third kappa shape index (κ3) is 3.47. The Morgan fingerprint density at radius 2 is 1.74 bits per heavy atom. The van der Waals surface area contributed by atoms with E-state index in [1.165, 1.54) is 0 Å². The Hall–Kier alpha value is -1.09. The van der Waals surface area contributed by atoms with Gasteiger partial charge in [-0.3, -0.25) is 0 Å². The van der Waals surface area contributed by atoms with Crippen molar-refractivity contribution < 1.29 is 4.39 Å². The highest BCUT2D eigenvalue weighted by Gasteiger charge is 2.26. The van der Waals surface area contributed by atoms with Crippen molar-refractivity contribution in [2.75, 3.05) is 11.9 Å². The van der Waals surface area contributed by atoms with Gasteiger partial charge in [0.25, 0.3) is 0 Å². The third-order valence-electron chi connectivity index (χ3n) is 4.01. The van der Waals surface area contributed by atoms with Crippen LogP contribution in [0.25, 0.3) is 0 Å². The van der Waals surface area contributed by atoms with E-state index >= 15 is 0 Å². The number of nitrogens with two attached hydrogens (primary N) is 1. The van der Waals surface area contributed by atoms with Crippen LogP contribution in [-0.4, -0.2) is 13.1 Å². The summed E-state index contributed by atoms with van der Waals surface area (Å²) in [7, 11) is 2.05. The molecular weight excluding hydrogens is 239 g/mol. The molecule has 0 heterocycles. The smallest absolute Gasteiger partial charge is 0.126 e. The summed E-state index contributed by atoms with van der Waals surface area (Å²) in [6.07, 6.45) is 0. The van der Waals surface area contributed by atoms with E-state index in [4.69, 9.17) is 5.73 Å². The van der Waals surface area contributed by atoms with Gasteiger partial charge in [0.2, 0.25) is 0 Å². The number of hydrogen-bond donors (Lipinski definition) is 1. The topological polar surface area (TPSA) is 29.3 Å². The van der Waals surface area contributed by atoms with Crippen molar-refractivity contribution in [1.29, 1.82) is 0 Å². The molecule has 0 aliphatic heterocycles. The normalized spacial score (nSPS) is 15.2. The molecule has 0 radical (unpaired) electrons. The Morgan fingerprint density at radius 3 is 2.16 bits per heavy atom. The van der Waals surface area contributed by atoms with E-state index in [9.17, 15) is 4.39 Å². The molecule has 0 saturated heterocycles. The molecule has 3 heteroatoms. The van der Waals surface area contributed by atoms with Crippen molar-refractivity contribution in [3.63, 3.8) is 0 Å². The van der Waals surface area contributed by atoms with Crippen LogP contribution in [0, 0.1) is 18.2 Å². The number of anilines is 1. The highest BCUT2D eigenvalue weighted by molar-refractivity contribution is 5.57. The van der Waals surface area contributed by atoms with Crippen molar-refractivity contribution in [3.05, 3.63) is 29.1 Å². The lowest BCUT2D eigenvalue weighted by atomic mass is 9.86. The van der Waals surface area contributed by atoms with E-state index in [2.05, 4.69) is 39.6 Å². The molecular formula is C16H27FN2. The first-order chi connectivity index (χ1) is 8.55. The molecule has 0 saturated carbocycles. The standard InChI is InChI=1S/C16H27FN2/c1-10-8-15(13(11(2)18)9-14(10)17)19(7)12(3)16(4,5)6/h8-9,11-12H,18H2,1-7H3/t11-,12?/m1/s1. The van der Waals surface area contributed by atoms with Gasteiger partial charge in [-0.2, -0.15) is 0 Å².